The molecule has 0 unspecified atom stereocenters. The molecule has 4 heterocycles. The van der Waals surface area contributed by atoms with Gasteiger partial charge in [0.25, 0.3) is 5.91 Å². The molecule has 33 heavy (non-hydrogen) atoms. The highest BCUT2D eigenvalue weighted by atomic mass is 32.2. The topological polar surface area (TPSA) is 81.7 Å². The van der Waals surface area contributed by atoms with Gasteiger partial charge in [0.15, 0.2) is 5.82 Å². The number of carbonyl (C=O) groups is 1. The van der Waals surface area contributed by atoms with Gasteiger partial charge in [-0.3, -0.25) is 14.4 Å². The van der Waals surface area contributed by atoms with Gasteiger partial charge in [0.05, 0.1) is 23.7 Å². The predicted molar refractivity (Wildman–Crippen MR) is 127 cm³/mol. The number of aromatic nitrogens is 6. The Kier molecular flexibility index (Phi) is 4.79. The third-order valence-electron chi connectivity index (χ3n) is 6.03. The van der Waals surface area contributed by atoms with E-state index in [0.29, 0.717) is 34.8 Å². The summed E-state index contributed by atoms with van der Waals surface area (Å²) in [5.41, 5.74) is 3.43. The van der Waals surface area contributed by atoms with Gasteiger partial charge in [0, 0.05) is 22.7 Å². The van der Waals surface area contributed by atoms with E-state index in [2.05, 4.69) is 41.4 Å². The molecule has 0 spiro atoms. The SMILES string of the molecule is CC(C)n1cnnc1-c1cccc(N2CSc3ccc(-c4cnn(C5CC5)c4)cc3C2=O)n1. The summed E-state index contributed by atoms with van der Waals surface area (Å²) in [4.78, 5) is 21.0. The minimum atomic E-state index is -0.0461. The number of rotatable bonds is 5. The summed E-state index contributed by atoms with van der Waals surface area (Å²) in [6.07, 6.45) is 8.05. The van der Waals surface area contributed by atoms with Crippen LogP contribution in [0.2, 0.25) is 0 Å². The van der Waals surface area contributed by atoms with Crippen LogP contribution in [0, 0.1) is 0 Å². The van der Waals surface area contributed by atoms with Gasteiger partial charge in [0.2, 0.25) is 0 Å². The number of nitrogens with zero attached hydrogens (tertiary/aromatic N) is 7. The predicted octanol–water partition coefficient (Wildman–Crippen LogP) is 4.83. The third kappa shape index (κ3) is 3.62. The van der Waals surface area contributed by atoms with Crippen molar-refractivity contribution in [2.24, 2.45) is 0 Å². The van der Waals surface area contributed by atoms with Crippen molar-refractivity contribution in [2.75, 3.05) is 10.8 Å². The van der Waals surface area contributed by atoms with Crippen molar-refractivity contribution < 1.29 is 4.79 Å². The Balaban J connectivity index is 1.32. The molecule has 1 fully saturated rings. The van der Waals surface area contributed by atoms with Gasteiger partial charge in [-0.15, -0.1) is 22.0 Å². The van der Waals surface area contributed by atoms with Gasteiger partial charge >= 0.3 is 0 Å². The van der Waals surface area contributed by atoms with Crippen molar-refractivity contribution in [1.82, 2.24) is 29.5 Å². The second kappa shape index (κ2) is 7.84. The maximum absolute atomic E-state index is 13.5. The van der Waals surface area contributed by atoms with Gasteiger partial charge in [0.1, 0.15) is 17.8 Å². The first-order valence-electron chi connectivity index (χ1n) is 11.1. The van der Waals surface area contributed by atoms with E-state index in [1.165, 1.54) is 12.8 Å². The first-order chi connectivity index (χ1) is 16.1. The molecule has 0 saturated heterocycles. The summed E-state index contributed by atoms with van der Waals surface area (Å²) >= 11 is 1.64. The first-order valence-corrected chi connectivity index (χ1v) is 12.1. The highest BCUT2D eigenvalue weighted by Gasteiger charge is 2.29. The van der Waals surface area contributed by atoms with E-state index in [1.54, 1.807) is 23.0 Å². The second-order valence-corrected chi connectivity index (χ2v) is 9.68. The molecule has 1 aliphatic carbocycles. The first kappa shape index (κ1) is 20.2. The molecule has 6 rings (SSSR count). The molecule has 9 heteroatoms. The zero-order valence-electron chi connectivity index (χ0n) is 18.4. The van der Waals surface area contributed by atoms with E-state index < -0.39 is 0 Å². The number of hydrogen-bond donors (Lipinski definition) is 0. The van der Waals surface area contributed by atoms with E-state index in [-0.39, 0.29) is 11.9 Å². The number of anilines is 1. The molecule has 0 atom stereocenters. The maximum Gasteiger partial charge on any atom is 0.261 e. The van der Waals surface area contributed by atoms with Crippen LogP contribution < -0.4 is 4.90 Å². The Bertz CT molecular complexity index is 1350. The minimum absolute atomic E-state index is 0.0461. The van der Waals surface area contributed by atoms with Gasteiger partial charge in [-0.25, -0.2) is 4.98 Å². The summed E-state index contributed by atoms with van der Waals surface area (Å²) < 4.78 is 4.01. The van der Waals surface area contributed by atoms with E-state index in [1.807, 2.05) is 45.8 Å². The lowest BCUT2D eigenvalue weighted by atomic mass is 10.1. The molecule has 8 nitrogen and oxygen atoms in total. The zero-order chi connectivity index (χ0) is 22.5. The normalized spacial score (nSPS) is 15.8. The van der Waals surface area contributed by atoms with Gasteiger partial charge in [-0.2, -0.15) is 5.10 Å². The van der Waals surface area contributed by atoms with Crippen LogP contribution in [-0.4, -0.2) is 41.3 Å². The second-order valence-electron chi connectivity index (χ2n) is 8.69. The van der Waals surface area contributed by atoms with Crippen LogP contribution in [0.5, 0.6) is 0 Å². The summed E-state index contributed by atoms with van der Waals surface area (Å²) in [6, 6.07) is 12.5. The monoisotopic (exact) mass is 457 g/mol. The minimum Gasteiger partial charge on any atom is -0.310 e. The van der Waals surface area contributed by atoms with Crippen LogP contribution in [0.15, 0.2) is 60.0 Å². The van der Waals surface area contributed by atoms with Gasteiger partial charge in [-0.1, -0.05) is 12.1 Å². The maximum atomic E-state index is 13.5. The Morgan fingerprint density at radius 2 is 2.00 bits per heavy atom. The number of pyridine rings is 1. The molecule has 1 saturated carbocycles. The largest absolute Gasteiger partial charge is 0.310 e. The molecule has 0 radical (unpaired) electrons. The number of thioether (sulfide) groups is 1. The number of amides is 1. The molecular formula is C24H23N7OS. The van der Waals surface area contributed by atoms with E-state index in [4.69, 9.17) is 4.98 Å². The summed E-state index contributed by atoms with van der Waals surface area (Å²) in [7, 11) is 0. The lowest BCUT2D eigenvalue weighted by Gasteiger charge is -2.27. The van der Waals surface area contributed by atoms with Crippen molar-refractivity contribution >= 4 is 23.5 Å². The third-order valence-corrected chi connectivity index (χ3v) is 7.08. The number of benzene rings is 1. The lowest BCUT2D eigenvalue weighted by Crippen LogP contribution is -2.34. The molecule has 2 aliphatic rings. The molecular weight excluding hydrogens is 434 g/mol. The average Bonchev–Trinajstić information content (AvgIpc) is 3.34. The highest BCUT2D eigenvalue weighted by Crippen LogP contribution is 2.38. The number of hydrogen-bond acceptors (Lipinski definition) is 6. The molecule has 1 aliphatic heterocycles. The lowest BCUT2D eigenvalue weighted by molar-refractivity contribution is 0.0986. The molecule has 0 N–H and O–H groups in total. The van der Waals surface area contributed by atoms with Crippen LogP contribution in [0.3, 0.4) is 0 Å². The van der Waals surface area contributed by atoms with Crippen LogP contribution in [0.4, 0.5) is 5.82 Å². The molecule has 1 aromatic carbocycles. The summed E-state index contributed by atoms with van der Waals surface area (Å²) in [5.74, 6) is 1.77. The molecule has 1 amide bonds. The van der Waals surface area contributed by atoms with Crippen molar-refractivity contribution in [2.45, 2.75) is 43.7 Å². The van der Waals surface area contributed by atoms with Crippen molar-refractivity contribution in [3.63, 3.8) is 0 Å². The summed E-state index contributed by atoms with van der Waals surface area (Å²) in [6.45, 7) is 4.15. The van der Waals surface area contributed by atoms with Crippen molar-refractivity contribution in [3.8, 4) is 22.6 Å². The molecule has 3 aromatic heterocycles. The number of fused-ring (bicyclic) bond motifs is 1. The molecule has 0 bridgehead atoms. The molecule has 4 aromatic rings. The van der Waals surface area contributed by atoms with Crippen LogP contribution in [0.1, 0.15) is 49.1 Å². The highest BCUT2D eigenvalue weighted by molar-refractivity contribution is 7.99. The van der Waals surface area contributed by atoms with Crippen LogP contribution in [0.25, 0.3) is 22.6 Å². The molecule has 166 valence electrons. The fourth-order valence-electron chi connectivity index (χ4n) is 4.04. The standard InChI is InChI=1S/C24H23N7OS/c1-15(2)29-13-25-28-23(29)20-4-3-5-22(27-20)30-14-33-21-9-6-16(10-19(21)24(30)32)17-11-26-31(12-17)18-7-8-18/h3-6,9-13,15,18H,7-8,14H2,1-2H3. The van der Waals surface area contributed by atoms with Gasteiger partial charge in [-0.05, 0) is 56.5 Å². The fourth-order valence-corrected chi connectivity index (χ4v) is 5.02. The van der Waals surface area contributed by atoms with Gasteiger partial charge < -0.3 is 4.57 Å². The van der Waals surface area contributed by atoms with Crippen LogP contribution >= 0.6 is 11.8 Å². The number of carbonyl (C=O) groups excluding carboxylic acids is 1. The Labute approximate surface area is 195 Å². The average molecular weight is 458 g/mol. The Morgan fingerprint density at radius 3 is 2.82 bits per heavy atom. The van der Waals surface area contributed by atoms with Crippen LogP contribution in [-0.2, 0) is 0 Å². The van der Waals surface area contributed by atoms with Crippen molar-refractivity contribution in [1.29, 1.82) is 0 Å². The zero-order valence-corrected chi connectivity index (χ0v) is 19.2. The van der Waals surface area contributed by atoms with Crippen molar-refractivity contribution in [3.05, 3.63) is 60.7 Å². The Morgan fingerprint density at radius 1 is 1.12 bits per heavy atom. The van der Waals surface area contributed by atoms with E-state index in [0.717, 1.165) is 16.0 Å². The van der Waals surface area contributed by atoms with E-state index in [9.17, 15) is 4.79 Å². The fraction of sp³-hybridized carbons (Fsp3) is 0.292. The Hall–Kier alpha value is -3.46. The summed E-state index contributed by atoms with van der Waals surface area (Å²) in [5, 5.41) is 12.8. The smallest absolute Gasteiger partial charge is 0.261 e. The quantitative estimate of drug-likeness (QED) is 0.427. The van der Waals surface area contributed by atoms with E-state index >= 15 is 0 Å².